The summed E-state index contributed by atoms with van der Waals surface area (Å²) in [6.07, 6.45) is 1.39. The molecule has 0 bridgehead atoms. The second-order valence-corrected chi connectivity index (χ2v) is 5.98. The molecule has 130 valence electrons. The van der Waals surface area contributed by atoms with Gasteiger partial charge < -0.3 is 9.84 Å². The number of aromatic nitrogens is 4. The van der Waals surface area contributed by atoms with Crippen molar-refractivity contribution in [2.24, 2.45) is 0 Å². The normalized spacial score (nSPS) is 11.0. The predicted molar refractivity (Wildman–Crippen MR) is 91.2 cm³/mol. The molecule has 0 saturated carbocycles. The Morgan fingerprint density at radius 2 is 2.08 bits per heavy atom. The average Bonchev–Trinajstić information content (AvgIpc) is 2.85. The number of ether oxygens (including phenoxy) is 1. The Bertz CT molecular complexity index is 1060. The van der Waals surface area contributed by atoms with Crippen LogP contribution in [0.25, 0.3) is 5.65 Å². The minimum Gasteiger partial charge on any atom is -0.476 e. The highest BCUT2D eigenvalue weighted by molar-refractivity contribution is 6.36. The van der Waals surface area contributed by atoms with Crippen molar-refractivity contribution in [1.82, 2.24) is 19.2 Å². The van der Waals surface area contributed by atoms with E-state index in [0.29, 0.717) is 17.1 Å². The smallest absolute Gasteiger partial charge is 0.356 e. The van der Waals surface area contributed by atoms with Gasteiger partial charge in [-0.3, -0.25) is 9.20 Å². The molecule has 3 aromatic heterocycles. The fraction of sp³-hybridized carbons (Fsp3) is 0.200. The van der Waals surface area contributed by atoms with Gasteiger partial charge >= 0.3 is 5.97 Å². The maximum Gasteiger partial charge on any atom is 0.356 e. The Morgan fingerprint density at radius 1 is 1.36 bits per heavy atom. The van der Waals surface area contributed by atoms with E-state index in [1.165, 1.54) is 21.3 Å². The molecule has 10 heteroatoms. The highest BCUT2D eigenvalue weighted by atomic mass is 35.5. The summed E-state index contributed by atoms with van der Waals surface area (Å²) in [4.78, 5) is 27.7. The summed E-state index contributed by atoms with van der Waals surface area (Å²) in [5.41, 5.74) is -0.0620. The van der Waals surface area contributed by atoms with E-state index in [0.717, 1.165) is 6.07 Å². The summed E-state index contributed by atoms with van der Waals surface area (Å²) in [7, 11) is 0. The van der Waals surface area contributed by atoms with Gasteiger partial charge in [0.25, 0.3) is 5.56 Å². The first-order valence-corrected chi connectivity index (χ1v) is 7.94. The van der Waals surface area contributed by atoms with Gasteiger partial charge in [0, 0.05) is 18.3 Å². The van der Waals surface area contributed by atoms with Gasteiger partial charge in [0.15, 0.2) is 11.3 Å². The number of carboxylic acid groups (broad SMARTS) is 1. The van der Waals surface area contributed by atoms with Crippen molar-refractivity contribution < 1.29 is 14.6 Å². The second-order valence-electron chi connectivity index (χ2n) is 5.13. The fourth-order valence-corrected chi connectivity index (χ4v) is 2.86. The van der Waals surface area contributed by atoms with Crippen LogP contribution in [0.3, 0.4) is 0 Å². The number of aromatic carboxylic acids is 1. The maximum absolute atomic E-state index is 12.3. The maximum atomic E-state index is 12.3. The molecule has 0 fully saturated rings. The minimum absolute atomic E-state index is 0.0242. The van der Waals surface area contributed by atoms with Gasteiger partial charge in [0.2, 0.25) is 11.8 Å². The highest BCUT2D eigenvalue weighted by Crippen LogP contribution is 2.27. The van der Waals surface area contributed by atoms with Crippen molar-refractivity contribution in [3.63, 3.8) is 0 Å². The Balaban J connectivity index is 2.13. The van der Waals surface area contributed by atoms with Crippen LogP contribution in [-0.4, -0.2) is 30.2 Å². The van der Waals surface area contributed by atoms with Gasteiger partial charge in [-0.1, -0.05) is 23.2 Å². The molecule has 0 saturated heterocycles. The molecular formula is C15H12Cl2N4O4. The number of hydrogen-bond donors (Lipinski definition) is 1. The zero-order chi connectivity index (χ0) is 18.3. The van der Waals surface area contributed by atoms with Crippen LogP contribution >= 0.6 is 23.2 Å². The summed E-state index contributed by atoms with van der Waals surface area (Å²) in [6, 6.07) is 2.62. The molecule has 0 aliphatic heterocycles. The third kappa shape index (κ3) is 3.06. The van der Waals surface area contributed by atoms with E-state index < -0.39 is 11.5 Å². The first-order valence-electron chi connectivity index (χ1n) is 7.18. The third-order valence-corrected chi connectivity index (χ3v) is 3.98. The Labute approximate surface area is 151 Å². The van der Waals surface area contributed by atoms with Crippen LogP contribution < -0.4 is 10.3 Å². The van der Waals surface area contributed by atoms with Gasteiger partial charge in [0.05, 0.1) is 16.1 Å². The van der Waals surface area contributed by atoms with E-state index in [4.69, 9.17) is 27.9 Å². The summed E-state index contributed by atoms with van der Waals surface area (Å²) in [5, 5.41) is 13.6. The van der Waals surface area contributed by atoms with Crippen molar-refractivity contribution in [1.29, 1.82) is 0 Å². The molecule has 0 aromatic carbocycles. The van der Waals surface area contributed by atoms with Gasteiger partial charge in [0.1, 0.15) is 0 Å². The van der Waals surface area contributed by atoms with Crippen LogP contribution in [-0.2, 0) is 6.54 Å². The van der Waals surface area contributed by atoms with E-state index in [9.17, 15) is 14.7 Å². The van der Waals surface area contributed by atoms with Crippen molar-refractivity contribution in [2.75, 3.05) is 0 Å². The second kappa shape index (κ2) is 6.38. The number of fused-ring (bicyclic) bond motifs is 1. The number of pyridine rings is 1. The van der Waals surface area contributed by atoms with Crippen LogP contribution in [0.1, 0.15) is 23.0 Å². The average molecular weight is 383 g/mol. The molecule has 0 radical (unpaired) electrons. The van der Waals surface area contributed by atoms with Crippen LogP contribution in [0.4, 0.5) is 0 Å². The van der Waals surface area contributed by atoms with Crippen molar-refractivity contribution in [3.05, 3.63) is 50.0 Å². The molecule has 0 unspecified atom stereocenters. The number of carbonyl (C=O) groups is 1. The van der Waals surface area contributed by atoms with E-state index in [1.54, 1.807) is 13.8 Å². The minimum atomic E-state index is -1.17. The number of nitrogens with zero attached hydrogens (tertiary/aromatic N) is 4. The molecule has 1 N–H and O–H groups in total. The summed E-state index contributed by atoms with van der Waals surface area (Å²) < 4.78 is 8.24. The van der Waals surface area contributed by atoms with Crippen molar-refractivity contribution >= 4 is 34.8 Å². The quantitative estimate of drug-likeness (QED) is 0.744. The Morgan fingerprint density at radius 3 is 2.72 bits per heavy atom. The van der Waals surface area contributed by atoms with Gasteiger partial charge in [-0.15, -0.1) is 0 Å². The van der Waals surface area contributed by atoms with E-state index in [-0.39, 0.29) is 28.1 Å². The predicted octanol–water partition coefficient (Wildman–Crippen LogP) is 3.02. The zero-order valence-electron chi connectivity index (χ0n) is 13.2. The van der Waals surface area contributed by atoms with E-state index >= 15 is 0 Å². The monoisotopic (exact) mass is 382 g/mol. The largest absolute Gasteiger partial charge is 0.476 e. The Hall–Kier alpha value is -2.58. The number of halogens is 2. The molecule has 0 aliphatic carbocycles. The van der Waals surface area contributed by atoms with Crippen molar-refractivity contribution in [2.45, 2.75) is 20.4 Å². The third-order valence-electron chi connectivity index (χ3n) is 3.49. The summed E-state index contributed by atoms with van der Waals surface area (Å²) in [6.45, 7) is 3.73. The fourth-order valence-electron chi connectivity index (χ4n) is 2.34. The topological polar surface area (TPSA) is 98.7 Å². The lowest BCUT2D eigenvalue weighted by atomic mass is 10.3. The van der Waals surface area contributed by atoms with Crippen LogP contribution in [0.2, 0.25) is 10.0 Å². The molecule has 3 rings (SSSR count). The van der Waals surface area contributed by atoms with Gasteiger partial charge in [-0.25, -0.2) is 9.48 Å². The molecule has 25 heavy (non-hydrogen) atoms. The van der Waals surface area contributed by atoms with Gasteiger partial charge in [-0.05, 0) is 19.9 Å². The SMILES string of the molecule is CCn1nc(C(=O)O)c(C)c1Oc1cc(=O)n2cc(Cl)cc(Cl)c2n1. The van der Waals surface area contributed by atoms with Crippen LogP contribution in [0, 0.1) is 6.92 Å². The number of carboxylic acids is 1. The summed E-state index contributed by atoms with van der Waals surface area (Å²) >= 11 is 12.0. The molecule has 0 aliphatic rings. The number of hydrogen-bond acceptors (Lipinski definition) is 5. The Kier molecular flexibility index (Phi) is 4.40. The molecule has 0 amide bonds. The number of aryl methyl sites for hydroxylation is 1. The lowest BCUT2D eigenvalue weighted by Gasteiger charge is -2.09. The molecule has 3 aromatic rings. The van der Waals surface area contributed by atoms with Crippen molar-refractivity contribution in [3.8, 4) is 11.8 Å². The first-order chi connectivity index (χ1) is 11.8. The first kappa shape index (κ1) is 17.2. The standard InChI is InChI=1S/C15H12Cl2N4O4/c1-3-21-14(7(2)12(19-21)15(23)24)25-10-5-11(22)20-6-8(16)4-9(17)13(20)18-10/h4-6H,3H2,1-2H3,(H,23,24). The molecule has 8 nitrogen and oxygen atoms in total. The molecule has 3 heterocycles. The zero-order valence-corrected chi connectivity index (χ0v) is 14.7. The summed E-state index contributed by atoms with van der Waals surface area (Å²) in [5.74, 6) is -0.996. The van der Waals surface area contributed by atoms with E-state index in [1.807, 2.05) is 0 Å². The van der Waals surface area contributed by atoms with Gasteiger partial charge in [-0.2, -0.15) is 10.1 Å². The number of rotatable bonds is 4. The lowest BCUT2D eigenvalue weighted by Crippen LogP contribution is -2.14. The molecule has 0 spiro atoms. The molecule has 0 atom stereocenters. The van der Waals surface area contributed by atoms with E-state index in [2.05, 4.69) is 10.1 Å². The highest BCUT2D eigenvalue weighted by Gasteiger charge is 2.21. The van der Waals surface area contributed by atoms with Crippen LogP contribution in [0.5, 0.6) is 11.8 Å². The van der Waals surface area contributed by atoms with Crippen LogP contribution in [0.15, 0.2) is 23.1 Å². The lowest BCUT2D eigenvalue weighted by molar-refractivity contribution is 0.0688. The molecular weight excluding hydrogens is 371 g/mol.